The molecule has 3 aromatic carbocycles. The summed E-state index contributed by atoms with van der Waals surface area (Å²) in [6.07, 6.45) is 0. The van der Waals surface area contributed by atoms with Gasteiger partial charge in [0.05, 0.1) is 17.6 Å². The highest BCUT2D eigenvalue weighted by molar-refractivity contribution is 5.97. The van der Waals surface area contributed by atoms with Crippen LogP contribution in [0.25, 0.3) is 0 Å². The molecule has 0 atom stereocenters. The van der Waals surface area contributed by atoms with E-state index in [1.165, 1.54) is 49.4 Å². The van der Waals surface area contributed by atoms with Crippen molar-refractivity contribution >= 4 is 11.6 Å². The molecule has 0 aromatic heterocycles. The predicted octanol–water partition coefficient (Wildman–Crippen LogP) is 5.27. The maximum atomic E-state index is 13.2. The highest BCUT2D eigenvalue weighted by Gasteiger charge is 2.22. The number of carbonyl (C=O) groups is 1. The number of methoxy groups -OCH3 is 1. The lowest BCUT2D eigenvalue weighted by Gasteiger charge is -2.20. The van der Waals surface area contributed by atoms with Crippen molar-refractivity contribution in [1.29, 1.82) is 0 Å². The van der Waals surface area contributed by atoms with Crippen molar-refractivity contribution in [2.45, 2.75) is 13.2 Å². The summed E-state index contributed by atoms with van der Waals surface area (Å²) in [6, 6.07) is 16.7. The number of rotatable bonds is 9. The minimum Gasteiger partial charge on any atom is -0.493 e. The van der Waals surface area contributed by atoms with Gasteiger partial charge in [0.1, 0.15) is 11.5 Å². The summed E-state index contributed by atoms with van der Waals surface area (Å²) in [7, 11) is 2.81. The highest BCUT2D eigenvalue weighted by Crippen LogP contribution is 2.32. The third-order valence-corrected chi connectivity index (χ3v) is 4.59. The quantitative estimate of drug-likeness (QED) is 0.321. The number of hydrogen-bond donors (Lipinski definition) is 0. The van der Waals surface area contributed by atoms with Gasteiger partial charge in [0.25, 0.3) is 11.6 Å². The number of nitro groups is 1. The van der Waals surface area contributed by atoms with E-state index < -0.39 is 17.4 Å². The molecule has 0 bridgehead atoms. The van der Waals surface area contributed by atoms with Gasteiger partial charge in [-0.3, -0.25) is 14.9 Å². The van der Waals surface area contributed by atoms with Crippen molar-refractivity contribution < 1.29 is 32.7 Å². The number of nitrogens with zero attached hydrogens (tertiary/aromatic N) is 2. The Labute approximate surface area is 188 Å². The Morgan fingerprint density at radius 2 is 1.73 bits per heavy atom. The third kappa shape index (κ3) is 5.94. The molecule has 0 N–H and O–H groups in total. The van der Waals surface area contributed by atoms with E-state index in [9.17, 15) is 23.7 Å². The van der Waals surface area contributed by atoms with E-state index in [-0.39, 0.29) is 35.0 Å². The molecular formula is C23H20F2N2O6. The number of halogens is 2. The summed E-state index contributed by atoms with van der Waals surface area (Å²) in [4.78, 5) is 25.1. The largest absolute Gasteiger partial charge is 0.493 e. The molecule has 8 nitrogen and oxygen atoms in total. The molecule has 0 saturated heterocycles. The average molecular weight is 458 g/mol. The molecule has 1 amide bonds. The van der Waals surface area contributed by atoms with Crippen molar-refractivity contribution in [1.82, 2.24) is 4.90 Å². The molecule has 10 heteroatoms. The topological polar surface area (TPSA) is 91.1 Å². The molecule has 0 spiro atoms. The van der Waals surface area contributed by atoms with Gasteiger partial charge in [-0.2, -0.15) is 8.78 Å². The normalized spacial score (nSPS) is 10.6. The first-order valence-electron chi connectivity index (χ1n) is 9.67. The zero-order valence-electron chi connectivity index (χ0n) is 17.7. The van der Waals surface area contributed by atoms with Gasteiger partial charge in [-0.25, -0.2) is 0 Å². The van der Waals surface area contributed by atoms with Gasteiger partial charge in [-0.05, 0) is 35.9 Å². The zero-order chi connectivity index (χ0) is 24.0. The molecular weight excluding hydrogens is 438 g/mol. The molecule has 0 heterocycles. The average Bonchev–Trinajstić information content (AvgIpc) is 2.80. The molecule has 0 saturated carbocycles. The Bertz CT molecular complexity index is 1140. The van der Waals surface area contributed by atoms with Gasteiger partial charge in [-0.1, -0.05) is 24.3 Å². The lowest BCUT2D eigenvalue weighted by molar-refractivity contribution is -0.384. The van der Waals surface area contributed by atoms with E-state index in [1.807, 2.05) is 0 Å². The van der Waals surface area contributed by atoms with E-state index in [4.69, 9.17) is 9.47 Å². The number of alkyl halides is 2. The zero-order valence-corrected chi connectivity index (χ0v) is 17.7. The molecule has 0 aliphatic rings. The van der Waals surface area contributed by atoms with E-state index in [2.05, 4.69) is 4.74 Å². The van der Waals surface area contributed by atoms with Crippen LogP contribution >= 0.6 is 0 Å². The lowest BCUT2D eigenvalue weighted by Crippen LogP contribution is -2.26. The van der Waals surface area contributed by atoms with Gasteiger partial charge in [0, 0.05) is 25.7 Å². The minimum absolute atomic E-state index is 0.000159. The number of ether oxygens (including phenoxy) is 3. The van der Waals surface area contributed by atoms with Crippen LogP contribution in [0.15, 0.2) is 66.7 Å². The first-order chi connectivity index (χ1) is 15.8. The van der Waals surface area contributed by atoms with E-state index in [0.29, 0.717) is 11.3 Å². The van der Waals surface area contributed by atoms with Gasteiger partial charge in [-0.15, -0.1) is 0 Å². The number of para-hydroxylation sites is 1. The van der Waals surface area contributed by atoms with Gasteiger partial charge >= 0.3 is 6.61 Å². The number of hydrogen-bond acceptors (Lipinski definition) is 6. The summed E-state index contributed by atoms with van der Waals surface area (Å²) in [6.45, 7) is -2.94. The van der Waals surface area contributed by atoms with Crippen LogP contribution in [0.1, 0.15) is 15.9 Å². The number of amides is 1. The Hall–Kier alpha value is -4.21. The highest BCUT2D eigenvalue weighted by atomic mass is 19.3. The monoisotopic (exact) mass is 458 g/mol. The Kier molecular flexibility index (Phi) is 7.39. The summed E-state index contributed by atoms with van der Waals surface area (Å²) >= 11 is 0. The van der Waals surface area contributed by atoms with Crippen LogP contribution in [-0.2, 0) is 6.54 Å². The van der Waals surface area contributed by atoms with Crippen molar-refractivity contribution in [2.75, 3.05) is 14.2 Å². The smallest absolute Gasteiger partial charge is 0.387 e. The Morgan fingerprint density at radius 1 is 1.03 bits per heavy atom. The Balaban J connectivity index is 1.87. The van der Waals surface area contributed by atoms with E-state index in [0.717, 1.165) is 6.07 Å². The SMILES string of the molecule is COc1cc(CN(C)C(=O)c2cc([N+](=O)[O-])ccc2Oc2ccccc2)ccc1OC(F)F. The Morgan fingerprint density at radius 3 is 2.36 bits per heavy atom. The van der Waals surface area contributed by atoms with Crippen LogP contribution in [-0.4, -0.2) is 36.5 Å². The van der Waals surface area contributed by atoms with E-state index in [1.54, 1.807) is 30.3 Å². The maximum absolute atomic E-state index is 13.2. The summed E-state index contributed by atoms with van der Waals surface area (Å²) in [5.41, 5.74) is 0.308. The van der Waals surface area contributed by atoms with E-state index >= 15 is 0 Å². The van der Waals surface area contributed by atoms with Crippen LogP contribution in [0.5, 0.6) is 23.0 Å². The second-order valence-electron chi connectivity index (χ2n) is 6.88. The first-order valence-corrected chi connectivity index (χ1v) is 9.67. The number of non-ortho nitro benzene ring substituents is 1. The van der Waals surface area contributed by atoms with Crippen LogP contribution in [0.3, 0.4) is 0 Å². The fraction of sp³-hybridized carbons (Fsp3) is 0.174. The van der Waals surface area contributed by atoms with Crippen LogP contribution < -0.4 is 14.2 Å². The number of nitro benzene ring substituents is 1. The molecule has 0 aliphatic heterocycles. The van der Waals surface area contributed by atoms with Crippen molar-refractivity contribution in [2.24, 2.45) is 0 Å². The van der Waals surface area contributed by atoms with Crippen LogP contribution in [0.2, 0.25) is 0 Å². The summed E-state index contributed by atoms with van der Waals surface area (Å²) in [5, 5.41) is 11.2. The second kappa shape index (κ2) is 10.4. The van der Waals surface area contributed by atoms with Gasteiger partial charge in [0.15, 0.2) is 11.5 Å². The van der Waals surface area contributed by atoms with Crippen LogP contribution in [0.4, 0.5) is 14.5 Å². The molecule has 3 aromatic rings. The fourth-order valence-electron chi connectivity index (χ4n) is 3.06. The molecule has 0 fully saturated rings. The first kappa shape index (κ1) is 23.5. The number of benzene rings is 3. The van der Waals surface area contributed by atoms with Crippen LogP contribution in [0, 0.1) is 10.1 Å². The lowest BCUT2D eigenvalue weighted by atomic mass is 10.1. The summed E-state index contributed by atoms with van der Waals surface area (Å²) in [5.74, 6) is 0.0281. The molecule has 0 aliphatic carbocycles. The molecule has 0 radical (unpaired) electrons. The van der Waals surface area contributed by atoms with Crippen molar-refractivity contribution in [3.63, 3.8) is 0 Å². The van der Waals surface area contributed by atoms with Gasteiger partial charge < -0.3 is 19.1 Å². The van der Waals surface area contributed by atoms with Gasteiger partial charge in [0.2, 0.25) is 0 Å². The molecule has 0 unspecified atom stereocenters. The third-order valence-electron chi connectivity index (χ3n) is 4.59. The maximum Gasteiger partial charge on any atom is 0.387 e. The van der Waals surface area contributed by atoms with Crippen molar-refractivity contribution in [3.05, 3.63) is 88.0 Å². The predicted molar refractivity (Wildman–Crippen MR) is 115 cm³/mol. The standard InChI is InChI=1S/C23H20F2N2O6/c1-26(14-15-8-10-20(33-23(24)25)21(12-15)31-2)22(28)18-13-16(27(29)30)9-11-19(18)32-17-6-4-3-5-7-17/h3-13,23H,14H2,1-2H3. The second-order valence-corrected chi connectivity index (χ2v) is 6.88. The number of carbonyl (C=O) groups excluding carboxylic acids is 1. The molecule has 3 rings (SSSR count). The minimum atomic E-state index is -3.01. The molecule has 33 heavy (non-hydrogen) atoms. The summed E-state index contributed by atoms with van der Waals surface area (Å²) < 4.78 is 40.3. The fourth-order valence-corrected chi connectivity index (χ4v) is 3.06. The molecule has 172 valence electrons. The van der Waals surface area contributed by atoms with Crippen molar-refractivity contribution in [3.8, 4) is 23.0 Å².